The minimum atomic E-state index is 0.137. The maximum Gasteiger partial charge on any atom is 0.115 e. The third-order valence-corrected chi connectivity index (χ3v) is 2.63. The molecule has 1 unspecified atom stereocenters. The Morgan fingerprint density at radius 2 is 1.94 bits per heavy atom. The zero-order valence-corrected chi connectivity index (χ0v) is 10.3. The maximum absolute atomic E-state index is 9.03. The highest BCUT2D eigenvalue weighted by Gasteiger charge is 2.23. The smallest absolute Gasteiger partial charge is 0.115 e. The molecule has 0 aliphatic rings. The van der Waals surface area contributed by atoms with E-state index in [0.717, 1.165) is 18.5 Å². The van der Waals surface area contributed by atoms with Crippen LogP contribution >= 0.6 is 0 Å². The van der Waals surface area contributed by atoms with Gasteiger partial charge in [0.15, 0.2) is 0 Å². The first kappa shape index (κ1) is 13.1. The standard InChI is InChI=1S/C12H21N3O/c1-12(2,3)11(4-5-16)15-8-10-6-13-9-14-7-10/h6-7,9,11,15-16H,4-5,8H2,1-3H3. The SMILES string of the molecule is CC(C)(C)C(CCO)NCc1cncnc1. The van der Waals surface area contributed by atoms with Gasteiger partial charge in [-0.25, -0.2) is 9.97 Å². The summed E-state index contributed by atoms with van der Waals surface area (Å²) in [6.07, 6.45) is 5.90. The predicted octanol–water partition coefficient (Wildman–Crippen LogP) is 1.36. The highest BCUT2D eigenvalue weighted by Crippen LogP contribution is 2.21. The quantitative estimate of drug-likeness (QED) is 0.791. The molecule has 0 saturated heterocycles. The lowest BCUT2D eigenvalue weighted by atomic mass is 9.85. The number of aliphatic hydroxyl groups is 1. The van der Waals surface area contributed by atoms with Crippen LogP contribution < -0.4 is 5.32 Å². The second-order valence-electron chi connectivity index (χ2n) is 5.06. The van der Waals surface area contributed by atoms with Crippen LogP contribution in [0.1, 0.15) is 32.8 Å². The van der Waals surface area contributed by atoms with Crippen molar-refractivity contribution in [1.82, 2.24) is 15.3 Å². The molecule has 1 heterocycles. The molecule has 0 spiro atoms. The lowest BCUT2D eigenvalue weighted by molar-refractivity contribution is 0.196. The van der Waals surface area contributed by atoms with Crippen molar-refractivity contribution in [2.45, 2.75) is 39.8 Å². The van der Waals surface area contributed by atoms with Crippen molar-refractivity contribution in [3.8, 4) is 0 Å². The van der Waals surface area contributed by atoms with Crippen LogP contribution in [0.15, 0.2) is 18.7 Å². The summed E-state index contributed by atoms with van der Waals surface area (Å²) in [6.45, 7) is 7.45. The Labute approximate surface area is 97.1 Å². The van der Waals surface area contributed by atoms with Gasteiger partial charge < -0.3 is 10.4 Å². The first-order valence-corrected chi connectivity index (χ1v) is 5.62. The number of rotatable bonds is 5. The topological polar surface area (TPSA) is 58.0 Å². The summed E-state index contributed by atoms with van der Waals surface area (Å²) in [4.78, 5) is 7.94. The summed E-state index contributed by atoms with van der Waals surface area (Å²) in [5.41, 5.74) is 1.20. The fraction of sp³-hybridized carbons (Fsp3) is 0.667. The van der Waals surface area contributed by atoms with Crippen molar-refractivity contribution in [2.24, 2.45) is 5.41 Å². The summed E-state index contributed by atoms with van der Waals surface area (Å²) >= 11 is 0. The first-order chi connectivity index (χ1) is 7.54. The molecule has 0 aliphatic heterocycles. The van der Waals surface area contributed by atoms with E-state index >= 15 is 0 Å². The van der Waals surface area contributed by atoms with Gasteiger partial charge in [0, 0.05) is 37.2 Å². The van der Waals surface area contributed by atoms with Crippen molar-refractivity contribution in [2.75, 3.05) is 6.61 Å². The third kappa shape index (κ3) is 4.24. The molecule has 4 nitrogen and oxygen atoms in total. The van der Waals surface area contributed by atoms with Crippen molar-refractivity contribution in [3.05, 3.63) is 24.3 Å². The van der Waals surface area contributed by atoms with E-state index in [1.54, 1.807) is 12.4 Å². The van der Waals surface area contributed by atoms with E-state index in [-0.39, 0.29) is 18.1 Å². The zero-order chi connectivity index (χ0) is 12.0. The summed E-state index contributed by atoms with van der Waals surface area (Å²) < 4.78 is 0. The van der Waals surface area contributed by atoms with E-state index in [2.05, 4.69) is 36.1 Å². The summed E-state index contributed by atoms with van der Waals surface area (Å²) in [5, 5.41) is 12.5. The van der Waals surface area contributed by atoms with Gasteiger partial charge >= 0.3 is 0 Å². The second kappa shape index (κ2) is 5.92. The number of hydrogen-bond acceptors (Lipinski definition) is 4. The van der Waals surface area contributed by atoms with Crippen molar-refractivity contribution in [1.29, 1.82) is 0 Å². The number of hydrogen-bond donors (Lipinski definition) is 2. The third-order valence-electron chi connectivity index (χ3n) is 2.63. The predicted molar refractivity (Wildman–Crippen MR) is 63.8 cm³/mol. The van der Waals surface area contributed by atoms with Crippen molar-refractivity contribution < 1.29 is 5.11 Å². The zero-order valence-electron chi connectivity index (χ0n) is 10.3. The van der Waals surface area contributed by atoms with Crippen LogP contribution in [0.25, 0.3) is 0 Å². The molecule has 0 aliphatic carbocycles. The van der Waals surface area contributed by atoms with Gasteiger partial charge in [-0.3, -0.25) is 0 Å². The van der Waals surface area contributed by atoms with Gasteiger partial charge in [-0.05, 0) is 11.8 Å². The Morgan fingerprint density at radius 3 is 2.44 bits per heavy atom. The Balaban J connectivity index is 2.51. The van der Waals surface area contributed by atoms with Crippen LogP contribution in [-0.2, 0) is 6.54 Å². The molecular formula is C12H21N3O. The Kier molecular flexibility index (Phi) is 4.83. The van der Waals surface area contributed by atoms with E-state index < -0.39 is 0 Å². The molecule has 2 N–H and O–H groups in total. The van der Waals surface area contributed by atoms with E-state index in [9.17, 15) is 0 Å². The summed E-state index contributed by atoms with van der Waals surface area (Å²) in [5.74, 6) is 0. The first-order valence-electron chi connectivity index (χ1n) is 5.62. The normalized spacial score (nSPS) is 13.8. The highest BCUT2D eigenvalue weighted by atomic mass is 16.3. The van der Waals surface area contributed by atoms with E-state index in [1.165, 1.54) is 6.33 Å². The van der Waals surface area contributed by atoms with Crippen molar-refractivity contribution in [3.63, 3.8) is 0 Å². The molecule has 1 atom stereocenters. The summed E-state index contributed by atoms with van der Waals surface area (Å²) in [6, 6.07) is 0.290. The molecule has 90 valence electrons. The Hall–Kier alpha value is -1.00. The van der Waals surface area contributed by atoms with E-state index in [0.29, 0.717) is 0 Å². The largest absolute Gasteiger partial charge is 0.396 e. The lowest BCUT2D eigenvalue weighted by Crippen LogP contribution is -2.40. The average molecular weight is 223 g/mol. The van der Waals surface area contributed by atoms with Gasteiger partial charge in [-0.1, -0.05) is 20.8 Å². The van der Waals surface area contributed by atoms with Crippen LogP contribution in [0.3, 0.4) is 0 Å². The molecular weight excluding hydrogens is 202 g/mol. The number of aliphatic hydroxyl groups excluding tert-OH is 1. The van der Waals surface area contributed by atoms with Gasteiger partial charge in [0.1, 0.15) is 6.33 Å². The number of aromatic nitrogens is 2. The fourth-order valence-electron chi connectivity index (χ4n) is 1.63. The Bertz CT molecular complexity index is 295. The molecule has 0 fully saturated rings. The molecule has 1 aromatic rings. The average Bonchev–Trinajstić information content (AvgIpc) is 2.24. The molecule has 0 saturated carbocycles. The Morgan fingerprint density at radius 1 is 1.31 bits per heavy atom. The lowest BCUT2D eigenvalue weighted by Gasteiger charge is -2.31. The molecule has 16 heavy (non-hydrogen) atoms. The second-order valence-corrected chi connectivity index (χ2v) is 5.06. The minimum Gasteiger partial charge on any atom is -0.396 e. The monoisotopic (exact) mass is 223 g/mol. The molecule has 4 heteroatoms. The van der Waals surface area contributed by atoms with Crippen LogP contribution in [0.5, 0.6) is 0 Å². The highest BCUT2D eigenvalue weighted by molar-refractivity contribution is 5.02. The van der Waals surface area contributed by atoms with Crippen LogP contribution in [-0.4, -0.2) is 27.7 Å². The maximum atomic E-state index is 9.03. The number of nitrogens with one attached hydrogen (secondary N) is 1. The van der Waals surface area contributed by atoms with Gasteiger partial charge in [-0.2, -0.15) is 0 Å². The molecule has 0 amide bonds. The van der Waals surface area contributed by atoms with Crippen LogP contribution in [0, 0.1) is 5.41 Å². The molecule has 0 bridgehead atoms. The van der Waals surface area contributed by atoms with E-state index in [4.69, 9.17) is 5.11 Å². The van der Waals surface area contributed by atoms with Gasteiger partial charge in [-0.15, -0.1) is 0 Å². The van der Waals surface area contributed by atoms with Gasteiger partial charge in [0.25, 0.3) is 0 Å². The van der Waals surface area contributed by atoms with Gasteiger partial charge in [0.2, 0.25) is 0 Å². The molecule has 1 rings (SSSR count). The number of nitrogens with zero attached hydrogens (tertiary/aromatic N) is 2. The van der Waals surface area contributed by atoms with Gasteiger partial charge in [0.05, 0.1) is 0 Å². The van der Waals surface area contributed by atoms with E-state index in [1.807, 2.05) is 0 Å². The molecule has 0 aromatic carbocycles. The molecule has 0 radical (unpaired) electrons. The molecule has 1 aromatic heterocycles. The fourth-order valence-corrected chi connectivity index (χ4v) is 1.63. The van der Waals surface area contributed by atoms with Crippen LogP contribution in [0.2, 0.25) is 0 Å². The minimum absolute atomic E-state index is 0.137. The van der Waals surface area contributed by atoms with Crippen molar-refractivity contribution >= 4 is 0 Å². The van der Waals surface area contributed by atoms with Crippen LogP contribution in [0.4, 0.5) is 0 Å². The summed E-state index contributed by atoms with van der Waals surface area (Å²) in [7, 11) is 0.